The Morgan fingerprint density at radius 3 is 2.47 bits per heavy atom. The van der Waals surface area contributed by atoms with Crippen LogP contribution in [0.2, 0.25) is 5.02 Å². The number of rotatable bonds is 6. The summed E-state index contributed by atoms with van der Waals surface area (Å²) in [5, 5.41) is 4.24. The maximum Gasteiger partial charge on any atom is 0.271 e. The van der Waals surface area contributed by atoms with Crippen LogP contribution in [0.1, 0.15) is 23.1 Å². The number of halogens is 1. The predicted molar refractivity (Wildman–Crippen MR) is 136 cm³/mol. The van der Waals surface area contributed by atoms with Crippen molar-refractivity contribution in [3.63, 3.8) is 0 Å². The zero-order valence-electron chi connectivity index (χ0n) is 18.1. The van der Waals surface area contributed by atoms with Gasteiger partial charge in [-0.3, -0.25) is 14.5 Å². The van der Waals surface area contributed by atoms with Crippen molar-refractivity contribution in [2.75, 3.05) is 0 Å². The lowest BCUT2D eigenvalue weighted by atomic mass is 10.1. The van der Waals surface area contributed by atoms with Crippen molar-refractivity contribution in [2.24, 2.45) is 9.98 Å². The third kappa shape index (κ3) is 4.76. The fourth-order valence-corrected chi connectivity index (χ4v) is 5.00. The molecule has 2 aliphatic rings. The third-order valence-corrected chi connectivity index (χ3v) is 6.88. The van der Waals surface area contributed by atoms with Crippen LogP contribution in [0.3, 0.4) is 0 Å². The molecule has 1 N–H and O–H groups in total. The Labute approximate surface area is 206 Å². The van der Waals surface area contributed by atoms with Crippen molar-refractivity contribution >= 4 is 51.9 Å². The van der Waals surface area contributed by atoms with Gasteiger partial charge in [0.15, 0.2) is 5.17 Å². The van der Waals surface area contributed by atoms with Crippen LogP contribution in [0.5, 0.6) is 0 Å². The number of hydrogen-bond donors (Lipinski definition) is 1. The summed E-state index contributed by atoms with van der Waals surface area (Å²) in [6.45, 7) is 0.406. The molecular weight excluding hydrogens is 468 g/mol. The molecule has 0 fully saturated rings. The minimum absolute atomic E-state index is 0.00135. The first-order valence-corrected chi connectivity index (χ1v) is 12.2. The van der Waals surface area contributed by atoms with Crippen LogP contribution >= 0.6 is 23.4 Å². The van der Waals surface area contributed by atoms with Crippen molar-refractivity contribution < 1.29 is 9.59 Å². The molecule has 1 unspecified atom stereocenters. The number of carbonyl (C=O) groups is 2. The van der Waals surface area contributed by atoms with Gasteiger partial charge in [0.05, 0.1) is 12.1 Å². The van der Waals surface area contributed by atoms with Crippen LogP contribution in [-0.2, 0) is 21.9 Å². The number of thioether (sulfide) groups is 1. The molecule has 0 radical (unpaired) electrons. The maximum atomic E-state index is 12.9. The minimum Gasteiger partial charge on any atom is -0.352 e. The number of aliphatic imine (C=N–C) groups is 2. The summed E-state index contributed by atoms with van der Waals surface area (Å²) in [5.74, 6) is 0.652. The van der Waals surface area contributed by atoms with Crippen molar-refractivity contribution in [1.29, 1.82) is 0 Å². The largest absolute Gasteiger partial charge is 0.352 e. The lowest BCUT2D eigenvalue weighted by Crippen LogP contribution is -2.45. The molecule has 8 heteroatoms. The zero-order chi connectivity index (χ0) is 23.5. The Bertz CT molecular complexity index is 1290. The molecule has 5 rings (SSSR count). The summed E-state index contributed by atoms with van der Waals surface area (Å²) in [6.07, 6.45) is 0.00135. The number of carbonyl (C=O) groups excluding carboxylic acids is 2. The molecule has 0 saturated carbocycles. The molecule has 0 saturated heterocycles. The number of nitrogens with zero attached hydrogens (tertiary/aromatic N) is 3. The van der Waals surface area contributed by atoms with Crippen LogP contribution in [0.25, 0.3) is 0 Å². The van der Waals surface area contributed by atoms with Crippen molar-refractivity contribution in [3.05, 3.63) is 101 Å². The molecule has 0 aromatic heterocycles. The summed E-state index contributed by atoms with van der Waals surface area (Å²) in [5.41, 5.74) is 3.63. The summed E-state index contributed by atoms with van der Waals surface area (Å²) in [6, 6.07) is 24.2. The first kappa shape index (κ1) is 22.4. The van der Waals surface area contributed by atoms with Gasteiger partial charge in [-0.1, -0.05) is 78.0 Å². The van der Waals surface area contributed by atoms with E-state index in [0.717, 1.165) is 22.4 Å². The predicted octanol–water partition coefficient (Wildman–Crippen LogP) is 4.94. The number of hydrogen-bond acceptors (Lipinski definition) is 5. The van der Waals surface area contributed by atoms with Gasteiger partial charge in [-0.2, -0.15) is 4.99 Å². The van der Waals surface area contributed by atoms with E-state index < -0.39 is 6.04 Å². The second-order valence-electron chi connectivity index (χ2n) is 7.95. The Morgan fingerprint density at radius 1 is 0.941 bits per heavy atom. The highest BCUT2D eigenvalue weighted by atomic mass is 35.5. The second-order valence-corrected chi connectivity index (χ2v) is 9.33. The van der Waals surface area contributed by atoms with Gasteiger partial charge in [0.1, 0.15) is 11.9 Å². The van der Waals surface area contributed by atoms with Crippen LogP contribution in [-0.4, -0.2) is 33.8 Å². The summed E-state index contributed by atoms with van der Waals surface area (Å²) in [7, 11) is 0. The molecular formula is C26H21ClN4O2S. The zero-order valence-corrected chi connectivity index (χ0v) is 19.7. The average molecular weight is 489 g/mol. The van der Waals surface area contributed by atoms with E-state index in [1.807, 2.05) is 83.8 Å². The van der Waals surface area contributed by atoms with Gasteiger partial charge in [0.25, 0.3) is 5.91 Å². The van der Waals surface area contributed by atoms with E-state index in [2.05, 4.69) is 10.3 Å². The Hall–Kier alpha value is -3.42. The van der Waals surface area contributed by atoms with Crippen LogP contribution < -0.4 is 5.32 Å². The number of fused-ring (bicyclic) bond motifs is 3. The van der Waals surface area contributed by atoms with E-state index in [-0.39, 0.29) is 18.2 Å². The third-order valence-electron chi connectivity index (χ3n) is 5.60. The Balaban J connectivity index is 1.36. The fourth-order valence-electron chi connectivity index (χ4n) is 3.88. The molecule has 3 aromatic carbocycles. The molecule has 170 valence electrons. The molecule has 0 spiro atoms. The lowest BCUT2D eigenvalue weighted by molar-refractivity contribution is -0.126. The average Bonchev–Trinajstić information content (AvgIpc) is 3.19. The first-order chi connectivity index (χ1) is 16.6. The van der Waals surface area contributed by atoms with E-state index in [1.54, 1.807) is 0 Å². The van der Waals surface area contributed by atoms with Gasteiger partial charge >= 0.3 is 0 Å². The molecule has 2 aliphatic heterocycles. The van der Waals surface area contributed by atoms with E-state index in [9.17, 15) is 9.59 Å². The topological polar surface area (TPSA) is 74.1 Å². The molecule has 2 amide bonds. The fraction of sp³-hybridized carbons (Fsp3) is 0.154. The van der Waals surface area contributed by atoms with Gasteiger partial charge in [-0.05, 0) is 35.4 Å². The standard InChI is InChI=1S/C26H21ClN4O2S/c27-19-12-10-18(11-13-19)16-34-26-29-21-9-5-4-8-20(21)24-30-25(33)22(31(24)26)14-23(32)28-15-17-6-2-1-3-7-17/h1-13,22H,14-16H2,(H,28,32). The maximum absolute atomic E-state index is 12.9. The van der Waals surface area contributed by atoms with E-state index in [1.165, 1.54) is 11.8 Å². The number of amidine groups is 2. The highest BCUT2D eigenvalue weighted by Gasteiger charge is 2.42. The van der Waals surface area contributed by atoms with Gasteiger partial charge in [-0.25, -0.2) is 4.99 Å². The highest BCUT2D eigenvalue weighted by molar-refractivity contribution is 8.13. The normalized spacial score (nSPS) is 16.4. The molecule has 0 aliphatic carbocycles. The number of para-hydroxylation sites is 1. The van der Waals surface area contributed by atoms with E-state index >= 15 is 0 Å². The molecule has 2 heterocycles. The monoisotopic (exact) mass is 488 g/mol. The smallest absolute Gasteiger partial charge is 0.271 e. The summed E-state index contributed by atoms with van der Waals surface area (Å²) < 4.78 is 0. The SMILES string of the molecule is O=C(CC1C(=O)N=C2c3ccccc3N=C(SCc3ccc(Cl)cc3)N21)NCc1ccccc1. The lowest BCUT2D eigenvalue weighted by Gasteiger charge is -2.30. The number of benzene rings is 3. The molecule has 3 aromatic rings. The summed E-state index contributed by atoms with van der Waals surface area (Å²) >= 11 is 7.52. The molecule has 1 atom stereocenters. The van der Waals surface area contributed by atoms with Gasteiger partial charge in [-0.15, -0.1) is 0 Å². The van der Waals surface area contributed by atoms with Gasteiger partial charge in [0.2, 0.25) is 5.91 Å². The molecule has 0 bridgehead atoms. The highest BCUT2D eigenvalue weighted by Crippen LogP contribution is 2.35. The van der Waals surface area contributed by atoms with Crippen LogP contribution in [0.15, 0.2) is 88.8 Å². The Morgan fingerprint density at radius 2 is 1.68 bits per heavy atom. The van der Waals surface area contributed by atoms with E-state index in [0.29, 0.717) is 28.3 Å². The Kier molecular flexibility index (Phi) is 6.47. The van der Waals surface area contributed by atoms with E-state index in [4.69, 9.17) is 16.6 Å². The summed E-state index contributed by atoms with van der Waals surface area (Å²) in [4.78, 5) is 36.7. The van der Waals surface area contributed by atoms with Crippen molar-refractivity contribution in [3.8, 4) is 0 Å². The molecule has 34 heavy (non-hydrogen) atoms. The first-order valence-electron chi connectivity index (χ1n) is 10.9. The van der Waals surface area contributed by atoms with Crippen molar-refractivity contribution in [2.45, 2.75) is 24.8 Å². The number of amides is 2. The van der Waals surface area contributed by atoms with Gasteiger partial charge < -0.3 is 5.32 Å². The van der Waals surface area contributed by atoms with Gasteiger partial charge in [0, 0.05) is 22.9 Å². The quantitative estimate of drug-likeness (QED) is 0.533. The number of nitrogens with one attached hydrogen (secondary N) is 1. The van der Waals surface area contributed by atoms with Crippen molar-refractivity contribution in [1.82, 2.24) is 10.2 Å². The second kappa shape index (κ2) is 9.83. The van der Waals surface area contributed by atoms with Crippen LogP contribution in [0.4, 0.5) is 5.69 Å². The van der Waals surface area contributed by atoms with Crippen LogP contribution in [0, 0.1) is 0 Å². The molecule has 6 nitrogen and oxygen atoms in total. The minimum atomic E-state index is -0.726.